The maximum atomic E-state index is 6.47. The molecule has 5 rings (SSSR count). The average molecular weight is 468 g/mol. The number of aryl methyl sites for hydroxylation is 2. The van der Waals surface area contributed by atoms with E-state index in [1.807, 2.05) is 64.7 Å². The zero-order valence-electron chi connectivity index (χ0n) is 20.6. The fourth-order valence-electron chi connectivity index (χ4n) is 4.29. The number of pyridine rings is 1. The molecule has 1 atom stereocenters. The van der Waals surface area contributed by atoms with Gasteiger partial charge in [-0.05, 0) is 69.9 Å². The molecule has 0 aliphatic carbocycles. The molecular formula is C27H29N7O. The molecule has 3 aromatic heterocycles. The fourth-order valence-corrected chi connectivity index (χ4v) is 4.29. The molecule has 1 unspecified atom stereocenters. The number of ether oxygens (including phenoxy) is 1. The van der Waals surface area contributed by atoms with Gasteiger partial charge in [-0.25, -0.2) is 9.97 Å². The normalized spacial score (nSPS) is 12.4. The number of hydrogen-bond acceptors (Lipinski definition) is 7. The molecule has 0 radical (unpaired) electrons. The molecule has 1 N–H and O–H groups in total. The van der Waals surface area contributed by atoms with E-state index in [4.69, 9.17) is 4.74 Å². The van der Waals surface area contributed by atoms with E-state index in [2.05, 4.69) is 55.4 Å². The molecule has 0 saturated carbocycles. The second-order valence-electron chi connectivity index (χ2n) is 9.17. The lowest BCUT2D eigenvalue weighted by Crippen LogP contribution is -2.28. The molecule has 3 heterocycles. The highest BCUT2D eigenvalue weighted by Gasteiger charge is 2.17. The quantitative estimate of drug-likeness (QED) is 0.362. The van der Waals surface area contributed by atoms with Crippen LogP contribution in [-0.4, -0.2) is 56.4 Å². The second kappa shape index (κ2) is 9.31. The van der Waals surface area contributed by atoms with Gasteiger partial charge in [-0.2, -0.15) is 5.10 Å². The summed E-state index contributed by atoms with van der Waals surface area (Å²) < 4.78 is 8.26. The van der Waals surface area contributed by atoms with Gasteiger partial charge < -0.3 is 15.0 Å². The number of rotatable bonds is 7. The first-order valence-electron chi connectivity index (χ1n) is 11.6. The van der Waals surface area contributed by atoms with Crippen LogP contribution in [0.25, 0.3) is 32.9 Å². The van der Waals surface area contributed by atoms with Crippen LogP contribution in [0.3, 0.4) is 0 Å². The van der Waals surface area contributed by atoms with Crippen LogP contribution in [0.4, 0.5) is 11.5 Å². The summed E-state index contributed by atoms with van der Waals surface area (Å²) in [5, 5.41) is 9.72. The summed E-state index contributed by atoms with van der Waals surface area (Å²) in [7, 11) is 5.98. The van der Waals surface area contributed by atoms with Crippen molar-refractivity contribution in [2.45, 2.75) is 20.0 Å². The molecule has 0 bridgehead atoms. The van der Waals surface area contributed by atoms with Crippen molar-refractivity contribution in [3.8, 4) is 16.9 Å². The average Bonchev–Trinajstić information content (AvgIpc) is 3.25. The number of nitrogens with one attached hydrogen (secondary N) is 1. The van der Waals surface area contributed by atoms with Crippen molar-refractivity contribution < 1.29 is 4.74 Å². The topological polar surface area (TPSA) is 81.0 Å². The molecule has 178 valence electrons. The van der Waals surface area contributed by atoms with E-state index in [0.717, 1.165) is 56.6 Å². The first kappa shape index (κ1) is 22.7. The van der Waals surface area contributed by atoms with Crippen LogP contribution in [0.2, 0.25) is 0 Å². The minimum Gasteiger partial charge on any atom is -0.489 e. The second-order valence-corrected chi connectivity index (χ2v) is 9.17. The van der Waals surface area contributed by atoms with Crippen LogP contribution in [0.5, 0.6) is 5.75 Å². The van der Waals surface area contributed by atoms with Gasteiger partial charge in [0.05, 0.1) is 22.6 Å². The van der Waals surface area contributed by atoms with Gasteiger partial charge in [0.25, 0.3) is 0 Å². The monoisotopic (exact) mass is 467 g/mol. The van der Waals surface area contributed by atoms with Crippen molar-refractivity contribution >= 4 is 33.3 Å². The predicted molar refractivity (Wildman–Crippen MR) is 140 cm³/mol. The van der Waals surface area contributed by atoms with Gasteiger partial charge in [0.15, 0.2) is 0 Å². The van der Waals surface area contributed by atoms with E-state index in [9.17, 15) is 0 Å². The molecule has 0 aliphatic heterocycles. The maximum Gasteiger partial charge on any atom is 0.145 e. The molecule has 2 aromatic carbocycles. The summed E-state index contributed by atoms with van der Waals surface area (Å²) in [6.45, 7) is 4.85. The lowest BCUT2D eigenvalue weighted by atomic mass is 10.1. The summed E-state index contributed by atoms with van der Waals surface area (Å²) in [4.78, 5) is 15.9. The number of nitrogens with zero attached hydrogens (tertiary/aromatic N) is 6. The largest absolute Gasteiger partial charge is 0.489 e. The van der Waals surface area contributed by atoms with E-state index < -0.39 is 0 Å². The van der Waals surface area contributed by atoms with Crippen molar-refractivity contribution in [2.24, 2.45) is 7.05 Å². The minimum absolute atomic E-state index is 0.0274. The van der Waals surface area contributed by atoms with Crippen LogP contribution in [0, 0.1) is 6.92 Å². The molecule has 0 aliphatic rings. The zero-order chi connectivity index (χ0) is 24.5. The van der Waals surface area contributed by atoms with Crippen molar-refractivity contribution in [1.82, 2.24) is 29.6 Å². The van der Waals surface area contributed by atoms with Gasteiger partial charge in [0, 0.05) is 42.1 Å². The van der Waals surface area contributed by atoms with Crippen molar-refractivity contribution in [3.05, 3.63) is 66.9 Å². The third-order valence-electron chi connectivity index (χ3n) is 5.78. The Morgan fingerprint density at radius 1 is 1.03 bits per heavy atom. The van der Waals surface area contributed by atoms with Gasteiger partial charge in [-0.15, -0.1) is 0 Å². The predicted octanol–water partition coefficient (Wildman–Crippen LogP) is 4.96. The Hall–Kier alpha value is -4.04. The summed E-state index contributed by atoms with van der Waals surface area (Å²) in [6, 6.07) is 14.3. The highest BCUT2D eigenvalue weighted by Crippen LogP contribution is 2.37. The Morgan fingerprint density at radius 2 is 1.89 bits per heavy atom. The molecule has 0 spiro atoms. The lowest BCUT2D eigenvalue weighted by molar-refractivity contribution is 0.179. The summed E-state index contributed by atoms with van der Waals surface area (Å²) >= 11 is 0. The standard InChI is InChI=1S/C27H29N7O/c1-17-6-7-19-10-22(8-9-23(19)31-17)32-27-26-24(28-16-29-27)11-20(21-13-30-34(5)15-21)12-25(26)35-18(2)14-33(3)4/h6-13,15-16,18H,14H2,1-5H3,(H,28,29,32). The van der Waals surface area contributed by atoms with E-state index in [1.165, 1.54) is 0 Å². The Balaban J connectivity index is 1.60. The Labute approximate surface area is 204 Å². The van der Waals surface area contributed by atoms with Gasteiger partial charge in [0.1, 0.15) is 24.0 Å². The summed E-state index contributed by atoms with van der Waals surface area (Å²) in [6.07, 6.45) is 5.38. The van der Waals surface area contributed by atoms with Crippen molar-refractivity contribution in [1.29, 1.82) is 0 Å². The van der Waals surface area contributed by atoms with Crippen LogP contribution in [0.1, 0.15) is 12.6 Å². The Kier molecular flexibility index (Phi) is 6.05. The molecule has 0 saturated heterocycles. The Bertz CT molecular complexity index is 1510. The van der Waals surface area contributed by atoms with Gasteiger partial charge in [-0.1, -0.05) is 6.07 Å². The number of likely N-dealkylation sites (N-methyl/N-ethyl adjacent to an activating group) is 1. The highest BCUT2D eigenvalue weighted by molar-refractivity contribution is 5.99. The zero-order valence-corrected chi connectivity index (χ0v) is 20.6. The first-order valence-corrected chi connectivity index (χ1v) is 11.6. The third kappa shape index (κ3) is 4.93. The third-order valence-corrected chi connectivity index (χ3v) is 5.78. The van der Waals surface area contributed by atoms with E-state index in [-0.39, 0.29) is 6.10 Å². The molecular weight excluding hydrogens is 438 g/mol. The number of fused-ring (bicyclic) bond motifs is 2. The van der Waals surface area contributed by atoms with Crippen LogP contribution >= 0.6 is 0 Å². The van der Waals surface area contributed by atoms with E-state index in [0.29, 0.717) is 5.82 Å². The molecule has 8 nitrogen and oxygen atoms in total. The smallest absolute Gasteiger partial charge is 0.145 e. The van der Waals surface area contributed by atoms with Crippen molar-refractivity contribution in [3.63, 3.8) is 0 Å². The maximum absolute atomic E-state index is 6.47. The summed E-state index contributed by atoms with van der Waals surface area (Å²) in [5.41, 5.74) is 5.68. The molecule has 5 aromatic rings. The van der Waals surface area contributed by atoms with E-state index in [1.54, 1.807) is 11.0 Å². The molecule has 8 heteroatoms. The van der Waals surface area contributed by atoms with Crippen LogP contribution in [0.15, 0.2) is 61.2 Å². The highest BCUT2D eigenvalue weighted by atomic mass is 16.5. The number of hydrogen-bond donors (Lipinski definition) is 1. The van der Waals surface area contributed by atoms with Crippen LogP contribution in [-0.2, 0) is 7.05 Å². The first-order chi connectivity index (χ1) is 16.9. The number of benzene rings is 2. The van der Waals surface area contributed by atoms with Gasteiger partial charge >= 0.3 is 0 Å². The van der Waals surface area contributed by atoms with Crippen molar-refractivity contribution in [2.75, 3.05) is 26.0 Å². The van der Waals surface area contributed by atoms with E-state index >= 15 is 0 Å². The van der Waals surface area contributed by atoms with Gasteiger partial charge in [-0.3, -0.25) is 9.67 Å². The summed E-state index contributed by atoms with van der Waals surface area (Å²) in [5.74, 6) is 1.43. The minimum atomic E-state index is -0.0274. The Morgan fingerprint density at radius 3 is 2.66 bits per heavy atom. The SMILES string of the molecule is Cc1ccc2cc(Nc3ncnc4cc(-c5cnn(C)c5)cc(OC(C)CN(C)C)c34)ccc2n1. The molecule has 35 heavy (non-hydrogen) atoms. The van der Waals surface area contributed by atoms with Crippen LogP contribution < -0.4 is 10.1 Å². The fraction of sp³-hybridized carbons (Fsp3) is 0.259. The number of aromatic nitrogens is 5. The molecule has 0 amide bonds. The lowest BCUT2D eigenvalue weighted by Gasteiger charge is -2.21. The number of anilines is 2. The van der Waals surface area contributed by atoms with Gasteiger partial charge in [0.2, 0.25) is 0 Å². The molecule has 0 fully saturated rings.